The topological polar surface area (TPSA) is 111 Å². The summed E-state index contributed by atoms with van der Waals surface area (Å²) >= 11 is 6.17. The number of aryl methyl sites for hydroxylation is 2. The SMILES string of the molecule is Cc1nc2c3c(nc(Cl)c(F)c3c1C)OC(COS(C)(=O)=O)C1C3CCC(CN21)N3C(=O)OC(C)(C)C. The number of halogens is 2. The van der Waals surface area contributed by atoms with Gasteiger partial charge in [0.15, 0.2) is 11.0 Å². The number of anilines is 1. The summed E-state index contributed by atoms with van der Waals surface area (Å²) in [5, 5.41) is 0.256. The van der Waals surface area contributed by atoms with Crippen molar-refractivity contribution in [2.45, 2.75) is 77.3 Å². The van der Waals surface area contributed by atoms with E-state index in [0.717, 1.165) is 6.26 Å². The lowest BCUT2D eigenvalue weighted by Crippen LogP contribution is -2.66. The molecule has 2 fully saturated rings. The number of aromatic nitrogens is 2. The highest BCUT2D eigenvalue weighted by Crippen LogP contribution is 2.47. The summed E-state index contributed by atoms with van der Waals surface area (Å²) in [6.45, 7) is 8.97. The molecule has 10 nitrogen and oxygen atoms in total. The molecule has 3 aliphatic rings. The van der Waals surface area contributed by atoms with Crippen LogP contribution >= 0.6 is 11.6 Å². The van der Waals surface area contributed by atoms with E-state index < -0.39 is 45.8 Å². The molecule has 5 heterocycles. The van der Waals surface area contributed by atoms with Gasteiger partial charge in [-0.2, -0.15) is 13.4 Å². The average molecular weight is 557 g/mol. The third kappa shape index (κ3) is 4.57. The van der Waals surface area contributed by atoms with Gasteiger partial charge in [0.05, 0.1) is 29.8 Å². The zero-order valence-corrected chi connectivity index (χ0v) is 23.1. The Hall–Kier alpha value is -2.44. The molecule has 4 unspecified atom stereocenters. The lowest BCUT2D eigenvalue weighted by Gasteiger charge is -2.48. The van der Waals surface area contributed by atoms with Crippen molar-refractivity contribution in [2.75, 3.05) is 24.3 Å². The summed E-state index contributed by atoms with van der Waals surface area (Å²) in [7, 11) is -3.81. The summed E-state index contributed by atoms with van der Waals surface area (Å²) in [5.74, 6) is -0.169. The summed E-state index contributed by atoms with van der Waals surface area (Å²) in [6, 6.07) is -1.14. The quantitative estimate of drug-likeness (QED) is 0.412. The molecule has 0 spiro atoms. The number of piperazine rings is 1. The molecule has 0 aliphatic carbocycles. The number of carbonyl (C=O) groups excluding carboxylic acids is 1. The minimum Gasteiger partial charge on any atom is -0.469 e. The summed E-state index contributed by atoms with van der Waals surface area (Å²) in [5.41, 5.74) is 0.520. The van der Waals surface area contributed by atoms with Crippen molar-refractivity contribution in [1.29, 1.82) is 0 Å². The molecule has 1 amide bonds. The number of fused-ring (bicyclic) bond motifs is 5. The van der Waals surface area contributed by atoms with E-state index in [9.17, 15) is 13.2 Å². The van der Waals surface area contributed by atoms with Crippen LogP contribution < -0.4 is 9.64 Å². The molecule has 5 rings (SSSR count). The Morgan fingerprint density at radius 2 is 1.92 bits per heavy atom. The van der Waals surface area contributed by atoms with Crippen molar-refractivity contribution in [3.63, 3.8) is 0 Å². The molecule has 0 radical (unpaired) electrons. The second-order valence-electron chi connectivity index (χ2n) is 10.9. The first-order valence-corrected chi connectivity index (χ1v) is 14.3. The van der Waals surface area contributed by atoms with Gasteiger partial charge in [0.25, 0.3) is 10.1 Å². The number of ether oxygens (including phenoxy) is 2. The first-order valence-electron chi connectivity index (χ1n) is 12.1. The third-order valence-corrected chi connectivity index (χ3v) is 7.97. The fourth-order valence-electron chi connectivity index (χ4n) is 5.64. The number of carbonyl (C=O) groups is 1. The molecule has 2 aromatic heterocycles. The maximum absolute atomic E-state index is 15.3. The lowest BCUT2D eigenvalue weighted by atomic mass is 9.97. The van der Waals surface area contributed by atoms with Crippen molar-refractivity contribution in [3.8, 4) is 5.88 Å². The molecule has 2 bridgehead atoms. The Kier molecular flexibility index (Phi) is 6.23. The van der Waals surface area contributed by atoms with E-state index in [-0.39, 0.29) is 29.1 Å². The Labute approximate surface area is 220 Å². The first-order chi connectivity index (χ1) is 17.2. The van der Waals surface area contributed by atoms with Crippen LogP contribution in [0.3, 0.4) is 0 Å². The fourth-order valence-corrected chi connectivity index (χ4v) is 6.19. The lowest BCUT2D eigenvalue weighted by molar-refractivity contribution is -0.00425. The predicted octanol–water partition coefficient (Wildman–Crippen LogP) is 3.73. The smallest absolute Gasteiger partial charge is 0.410 e. The Bertz CT molecular complexity index is 1390. The van der Waals surface area contributed by atoms with Crippen LogP contribution in [0.2, 0.25) is 5.15 Å². The number of nitrogens with zero attached hydrogens (tertiary/aromatic N) is 4. The standard InChI is InChI=1S/C24H30ClFN4O6S/c1-11-12(2)27-21-17-16(11)18(26)20(25)28-22(17)35-15(10-34-37(6,32)33)19-14-8-7-13(9-29(19)21)30(14)23(31)36-24(3,4)5/h13-15,19H,7-10H2,1-6H3. The number of pyridine rings is 2. The molecule has 0 aromatic carbocycles. The Morgan fingerprint density at radius 1 is 1.22 bits per heavy atom. The molecular formula is C24H30ClFN4O6S. The van der Waals surface area contributed by atoms with Crippen LogP contribution in [-0.4, -0.2) is 78.6 Å². The van der Waals surface area contributed by atoms with Crippen LogP contribution in [0.15, 0.2) is 0 Å². The van der Waals surface area contributed by atoms with Gasteiger partial charge in [-0.15, -0.1) is 0 Å². The zero-order valence-electron chi connectivity index (χ0n) is 21.5. The van der Waals surface area contributed by atoms with E-state index in [0.29, 0.717) is 41.8 Å². The molecular weight excluding hydrogens is 527 g/mol. The predicted molar refractivity (Wildman–Crippen MR) is 135 cm³/mol. The van der Waals surface area contributed by atoms with Crippen LogP contribution in [-0.2, 0) is 19.0 Å². The monoisotopic (exact) mass is 556 g/mol. The van der Waals surface area contributed by atoms with E-state index in [1.165, 1.54) is 0 Å². The van der Waals surface area contributed by atoms with Gasteiger partial charge in [-0.1, -0.05) is 11.6 Å². The van der Waals surface area contributed by atoms with Crippen LogP contribution in [0.4, 0.5) is 15.0 Å². The zero-order chi connectivity index (χ0) is 27.0. The van der Waals surface area contributed by atoms with Crippen LogP contribution in [0.1, 0.15) is 44.9 Å². The largest absolute Gasteiger partial charge is 0.469 e. The van der Waals surface area contributed by atoms with Crippen molar-refractivity contribution in [2.24, 2.45) is 0 Å². The summed E-state index contributed by atoms with van der Waals surface area (Å²) in [4.78, 5) is 26.0. The molecule has 2 aromatic rings. The molecule has 0 saturated carbocycles. The molecule has 2 saturated heterocycles. The Balaban J connectivity index is 1.68. The van der Waals surface area contributed by atoms with E-state index >= 15 is 4.39 Å². The van der Waals surface area contributed by atoms with Crippen molar-refractivity contribution in [3.05, 3.63) is 22.2 Å². The minimum atomic E-state index is -3.81. The summed E-state index contributed by atoms with van der Waals surface area (Å²) < 4.78 is 56.4. The summed E-state index contributed by atoms with van der Waals surface area (Å²) in [6.07, 6.45) is 0.960. The molecule has 0 N–H and O–H groups in total. The van der Waals surface area contributed by atoms with Crippen LogP contribution in [0.25, 0.3) is 10.8 Å². The van der Waals surface area contributed by atoms with Gasteiger partial charge >= 0.3 is 6.09 Å². The van der Waals surface area contributed by atoms with Gasteiger partial charge in [-0.05, 0) is 53.0 Å². The number of rotatable bonds is 3. The third-order valence-electron chi connectivity index (χ3n) is 7.15. The maximum Gasteiger partial charge on any atom is 0.410 e. The number of hydrogen-bond acceptors (Lipinski definition) is 9. The van der Waals surface area contributed by atoms with Crippen molar-refractivity contribution >= 4 is 44.4 Å². The second-order valence-corrected chi connectivity index (χ2v) is 12.9. The molecule has 13 heteroatoms. The normalized spacial score (nSPS) is 25.1. The number of amides is 1. The van der Waals surface area contributed by atoms with Gasteiger partial charge in [0.2, 0.25) is 5.88 Å². The van der Waals surface area contributed by atoms with Gasteiger partial charge < -0.3 is 14.4 Å². The highest BCUT2D eigenvalue weighted by Gasteiger charge is 2.54. The molecule has 37 heavy (non-hydrogen) atoms. The maximum atomic E-state index is 15.3. The van der Waals surface area contributed by atoms with Crippen molar-refractivity contribution in [1.82, 2.24) is 14.9 Å². The molecule has 3 aliphatic heterocycles. The van der Waals surface area contributed by atoms with E-state index in [1.807, 2.05) is 4.90 Å². The second kappa shape index (κ2) is 8.81. The Morgan fingerprint density at radius 3 is 2.57 bits per heavy atom. The molecule has 4 atom stereocenters. The van der Waals surface area contributed by atoms with Gasteiger partial charge in [-0.3, -0.25) is 9.08 Å². The van der Waals surface area contributed by atoms with Crippen LogP contribution in [0, 0.1) is 19.7 Å². The number of hydrogen-bond donors (Lipinski definition) is 0. The van der Waals surface area contributed by atoms with E-state index in [1.54, 1.807) is 39.5 Å². The van der Waals surface area contributed by atoms with Crippen molar-refractivity contribution < 1.29 is 31.3 Å². The minimum absolute atomic E-state index is 0.0446. The van der Waals surface area contributed by atoms with Gasteiger partial charge in [0.1, 0.15) is 24.1 Å². The van der Waals surface area contributed by atoms with E-state index in [4.69, 9.17) is 30.2 Å². The van der Waals surface area contributed by atoms with Gasteiger partial charge in [-0.25, -0.2) is 14.2 Å². The average Bonchev–Trinajstić information content (AvgIpc) is 3.02. The highest BCUT2D eigenvalue weighted by atomic mass is 35.5. The fraction of sp³-hybridized carbons (Fsp3) is 0.625. The highest BCUT2D eigenvalue weighted by molar-refractivity contribution is 7.85. The first kappa shape index (κ1) is 26.2. The van der Waals surface area contributed by atoms with Gasteiger partial charge in [0, 0.05) is 17.6 Å². The van der Waals surface area contributed by atoms with E-state index in [2.05, 4.69) is 4.98 Å². The molecule has 202 valence electrons. The van der Waals surface area contributed by atoms with Crippen LogP contribution in [0.5, 0.6) is 5.88 Å².